The SMILES string of the molecule is CCOCc1nc(N)cc(Nc2cccc(SC)c2)n1. The van der Waals surface area contributed by atoms with Crippen molar-refractivity contribution in [2.45, 2.75) is 18.4 Å². The van der Waals surface area contributed by atoms with Gasteiger partial charge in [0, 0.05) is 23.3 Å². The second-order valence-electron chi connectivity index (χ2n) is 4.09. The molecule has 0 amide bonds. The minimum absolute atomic E-state index is 0.362. The Bertz CT molecular complexity index is 577. The number of nitrogen functional groups attached to an aromatic ring is 1. The molecule has 0 aliphatic carbocycles. The average molecular weight is 290 g/mol. The van der Waals surface area contributed by atoms with Crippen LogP contribution in [0.4, 0.5) is 17.3 Å². The molecular formula is C14H18N4OS. The molecule has 2 rings (SSSR count). The normalized spacial score (nSPS) is 10.5. The van der Waals surface area contributed by atoms with Crippen LogP contribution in [0.5, 0.6) is 0 Å². The number of aromatic nitrogens is 2. The van der Waals surface area contributed by atoms with Gasteiger partial charge < -0.3 is 15.8 Å². The summed E-state index contributed by atoms with van der Waals surface area (Å²) in [6, 6.07) is 9.82. The first-order chi connectivity index (χ1) is 9.71. The average Bonchev–Trinajstić information content (AvgIpc) is 2.44. The van der Waals surface area contributed by atoms with Crippen LogP contribution < -0.4 is 11.1 Å². The number of rotatable bonds is 6. The van der Waals surface area contributed by atoms with E-state index >= 15 is 0 Å². The predicted molar refractivity (Wildman–Crippen MR) is 83.3 cm³/mol. The molecule has 0 radical (unpaired) electrons. The number of hydrogen-bond donors (Lipinski definition) is 2. The van der Waals surface area contributed by atoms with E-state index in [4.69, 9.17) is 10.5 Å². The van der Waals surface area contributed by atoms with Crippen LogP contribution in [0, 0.1) is 0 Å². The lowest BCUT2D eigenvalue weighted by atomic mass is 10.3. The standard InChI is InChI=1S/C14H18N4OS/c1-3-19-9-14-17-12(15)8-13(18-14)16-10-5-4-6-11(7-10)20-2/h4-8H,3,9H2,1-2H3,(H3,15,16,17,18). The Balaban J connectivity index is 2.17. The summed E-state index contributed by atoms with van der Waals surface area (Å²) in [7, 11) is 0. The molecule has 1 aromatic carbocycles. The fourth-order valence-corrected chi connectivity index (χ4v) is 2.15. The third-order valence-corrected chi connectivity index (χ3v) is 3.30. The Kier molecular flexibility index (Phi) is 5.20. The molecule has 2 aromatic rings. The summed E-state index contributed by atoms with van der Waals surface area (Å²) in [6.45, 7) is 2.91. The summed E-state index contributed by atoms with van der Waals surface area (Å²) in [5, 5.41) is 3.24. The third kappa shape index (κ3) is 4.11. The maximum atomic E-state index is 5.79. The Hall–Kier alpha value is -1.79. The number of benzene rings is 1. The highest BCUT2D eigenvalue weighted by Crippen LogP contribution is 2.22. The molecule has 6 heteroatoms. The van der Waals surface area contributed by atoms with Crippen molar-refractivity contribution in [3.63, 3.8) is 0 Å². The molecule has 0 saturated carbocycles. The first-order valence-corrected chi connectivity index (χ1v) is 7.56. The number of nitrogens with one attached hydrogen (secondary N) is 1. The topological polar surface area (TPSA) is 73.1 Å². The van der Waals surface area contributed by atoms with Gasteiger partial charge in [0.2, 0.25) is 0 Å². The molecule has 0 saturated heterocycles. The number of hydrogen-bond acceptors (Lipinski definition) is 6. The molecule has 0 bridgehead atoms. The van der Waals surface area contributed by atoms with Crippen molar-refractivity contribution >= 4 is 29.1 Å². The molecule has 106 valence electrons. The molecule has 0 fully saturated rings. The lowest BCUT2D eigenvalue weighted by molar-refractivity contribution is 0.128. The Morgan fingerprint density at radius 1 is 1.30 bits per heavy atom. The monoisotopic (exact) mass is 290 g/mol. The third-order valence-electron chi connectivity index (χ3n) is 2.57. The van der Waals surface area contributed by atoms with Gasteiger partial charge in [-0.1, -0.05) is 6.07 Å². The van der Waals surface area contributed by atoms with Gasteiger partial charge in [0.05, 0.1) is 0 Å². The zero-order valence-corrected chi connectivity index (χ0v) is 12.4. The van der Waals surface area contributed by atoms with Crippen LogP contribution in [0.15, 0.2) is 35.2 Å². The largest absolute Gasteiger partial charge is 0.384 e. The van der Waals surface area contributed by atoms with Gasteiger partial charge in [-0.3, -0.25) is 0 Å². The molecule has 0 aliphatic rings. The maximum absolute atomic E-state index is 5.79. The minimum Gasteiger partial charge on any atom is -0.384 e. The summed E-state index contributed by atoms with van der Waals surface area (Å²) < 4.78 is 5.30. The Morgan fingerprint density at radius 3 is 2.90 bits per heavy atom. The molecule has 1 aromatic heterocycles. The van der Waals surface area contributed by atoms with Gasteiger partial charge in [0.15, 0.2) is 5.82 Å². The minimum atomic E-state index is 0.362. The molecule has 0 atom stereocenters. The van der Waals surface area contributed by atoms with Gasteiger partial charge in [-0.05, 0) is 31.4 Å². The smallest absolute Gasteiger partial charge is 0.158 e. The molecule has 0 spiro atoms. The van der Waals surface area contributed by atoms with E-state index in [0.29, 0.717) is 30.7 Å². The van der Waals surface area contributed by atoms with E-state index in [1.165, 1.54) is 4.90 Å². The number of thioether (sulfide) groups is 1. The molecule has 0 aliphatic heterocycles. The van der Waals surface area contributed by atoms with E-state index in [1.54, 1.807) is 17.8 Å². The van der Waals surface area contributed by atoms with Crippen molar-refractivity contribution in [3.05, 3.63) is 36.2 Å². The van der Waals surface area contributed by atoms with Gasteiger partial charge >= 0.3 is 0 Å². The molecule has 3 N–H and O–H groups in total. The lowest BCUT2D eigenvalue weighted by Gasteiger charge is -2.09. The van der Waals surface area contributed by atoms with E-state index in [0.717, 1.165) is 5.69 Å². The van der Waals surface area contributed by atoms with Crippen molar-refractivity contribution in [1.82, 2.24) is 9.97 Å². The molecule has 0 unspecified atom stereocenters. The van der Waals surface area contributed by atoms with Crippen LogP contribution in [0.2, 0.25) is 0 Å². The number of anilines is 3. The zero-order valence-electron chi connectivity index (χ0n) is 11.6. The first-order valence-electron chi connectivity index (χ1n) is 6.33. The van der Waals surface area contributed by atoms with Crippen LogP contribution in [0.1, 0.15) is 12.7 Å². The van der Waals surface area contributed by atoms with Gasteiger partial charge in [-0.2, -0.15) is 0 Å². The van der Waals surface area contributed by atoms with Crippen molar-refractivity contribution in [2.75, 3.05) is 23.9 Å². The number of nitrogens with zero attached hydrogens (tertiary/aromatic N) is 2. The summed E-state index contributed by atoms with van der Waals surface area (Å²) >= 11 is 1.69. The predicted octanol–water partition coefficient (Wildman–Crippen LogP) is 3.06. The Labute approximate surface area is 123 Å². The second-order valence-corrected chi connectivity index (χ2v) is 4.97. The van der Waals surface area contributed by atoms with Crippen molar-refractivity contribution < 1.29 is 4.74 Å². The highest BCUT2D eigenvalue weighted by Gasteiger charge is 2.04. The van der Waals surface area contributed by atoms with Gasteiger partial charge in [-0.15, -0.1) is 11.8 Å². The van der Waals surface area contributed by atoms with E-state index in [1.807, 2.05) is 25.3 Å². The molecule has 1 heterocycles. The van der Waals surface area contributed by atoms with E-state index in [2.05, 4.69) is 27.4 Å². The van der Waals surface area contributed by atoms with Crippen molar-refractivity contribution in [1.29, 1.82) is 0 Å². The molecular weight excluding hydrogens is 272 g/mol. The lowest BCUT2D eigenvalue weighted by Crippen LogP contribution is -2.05. The van der Waals surface area contributed by atoms with Crippen LogP contribution in [-0.2, 0) is 11.3 Å². The molecule has 5 nitrogen and oxygen atoms in total. The summed E-state index contributed by atoms with van der Waals surface area (Å²) in [5.74, 6) is 1.68. The van der Waals surface area contributed by atoms with E-state index in [9.17, 15) is 0 Å². The van der Waals surface area contributed by atoms with Crippen molar-refractivity contribution in [3.8, 4) is 0 Å². The van der Waals surface area contributed by atoms with Crippen LogP contribution in [-0.4, -0.2) is 22.8 Å². The number of ether oxygens (including phenoxy) is 1. The van der Waals surface area contributed by atoms with Crippen molar-refractivity contribution in [2.24, 2.45) is 0 Å². The number of nitrogens with two attached hydrogens (primary N) is 1. The first kappa shape index (κ1) is 14.6. The summed E-state index contributed by atoms with van der Waals surface area (Å²) in [5.41, 5.74) is 6.76. The van der Waals surface area contributed by atoms with Crippen LogP contribution in [0.3, 0.4) is 0 Å². The highest BCUT2D eigenvalue weighted by atomic mass is 32.2. The Morgan fingerprint density at radius 2 is 2.15 bits per heavy atom. The second kappa shape index (κ2) is 7.12. The highest BCUT2D eigenvalue weighted by molar-refractivity contribution is 7.98. The van der Waals surface area contributed by atoms with E-state index < -0.39 is 0 Å². The van der Waals surface area contributed by atoms with Gasteiger partial charge in [0.1, 0.15) is 18.2 Å². The van der Waals surface area contributed by atoms with E-state index in [-0.39, 0.29) is 0 Å². The fraction of sp³-hybridized carbons (Fsp3) is 0.286. The zero-order chi connectivity index (χ0) is 14.4. The maximum Gasteiger partial charge on any atom is 0.158 e. The molecule has 20 heavy (non-hydrogen) atoms. The fourth-order valence-electron chi connectivity index (χ4n) is 1.69. The quantitative estimate of drug-likeness (QED) is 0.797. The summed E-state index contributed by atoms with van der Waals surface area (Å²) in [6.07, 6.45) is 2.04. The van der Waals surface area contributed by atoms with Crippen LogP contribution >= 0.6 is 11.8 Å². The summed E-state index contributed by atoms with van der Waals surface area (Å²) in [4.78, 5) is 9.72. The van der Waals surface area contributed by atoms with Gasteiger partial charge in [0.25, 0.3) is 0 Å². The van der Waals surface area contributed by atoms with Gasteiger partial charge in [-0.25, -0.2) is 9.97 Å². The van der Waals surface area contributed by atoms with Crippen LogP contribution in [0.25, 0.3) is 0 Å².